The van der Waals surface area contributed by atoms with Crippen molar-refractivity contribution in [1.29, 1.82) is 0 Å². The van der Waals surface area contributed by atoms with Gasteiger partial charge in [-0.2, -0.15) is 0 Å². The molecule has 3 aliphatic rings. The van der Waals surface area contributed by atoms with Gasteiger partial charge in [-0.05, 0) is 0 Å². The van der Waals surface area contributed by atoms with Gasteiger partial charge in [-0.1, -0.05) is 0 Å². The molecule has 0 radical (unpaired) electrons. The van der Waals surface area contributed by atoms with E-state index >= 15 is 0 Å². The molecule has 0 N–H and O–H groups in total. The SMILES string of the molecule is O=C1OC(=O)[C@H]2[C@H]3O[C@@H]([C@H](Cl)[C@@H]3Cl)[C@@H]12. The lowest BCUT2D eigenvalue weighted by molar-refractivity contribution is -0.156. The van der Waals surface area contributed by atoms with E-state index in [4.69, 9.17) is 27.9 Å². The summed E-state index contributed by atoms with van der Waals surface area (Å²) in [7, 11) is 0. The summed E-state index contributed by atoms with van der Waals surface area (Å²) in [5.41, 5.74) is 0. The molecule has 6 atom stereocenters. The fourth-order valence-corrected chi connectivity index (χ4v) is 3.18. The van der Waals surface area contributed by atoms with Crippen LogP contribution in [0.25, 0.3) is 0 Å². The highest BCUT2D eigenvalue weighted by Crippen LogP contribution is 2.51. The van der Waals surface area contributed by atoms with Crippen LogP contribution in [-0.4, -0.2) is 34.9 Å². The van der Waals surface area contributed by atoms with E-state index in [0.717, 1.165) is 0 Å². The minimum Gasteiger partial charge on any atom is -0.393 e. The van der Waals surface area contributed by atoms with Crippen molar-refractivity contribution < 1.29 is 19.1 Å². The summed E-state index contributed by atoms with van der Waals surface area (Å²) in [5.74, 6) is -2.13. The third-order valence-corrected chi connectivity index (χ3v) is 4.26. The first-order valence-corrected chi connectivity index (χ1v) is 5.17. The first kappa shape index (κ1) is 8.95. The number of cyclic esters (lactones) is 2. The third-order valence-electron chi connectivity index (χ3n) is 3.09. The molecular formula is C8H6Cl2O4. The molecule has 3 heterocycles. The summed E-state index contributed by atoms with van der Waals surface area (Å²) in [5, 5.41) is -0.831. The number of ether oxygens (including phenoxy) is 2. The lowest BCUT2D eigenvalue weighted by Crippen LogP contribution is -2.42. The summed E-state index contributed by atoms with van der Waals surface area (Å²) >= 11 is 11.9. The van der Waals surface area contributed by atoms with Crippen LogP contribution < -0.4 is 0 Å². The highest BCUT2D eigenvalue weighted by Gasteiger charge is 2.67. The molecule has 0 aliphatic carbocycles. The fraction of sp³-hybridized carbons (Fsp3) is 0.750. The molecule has 3 saturated heterocycles. The van der Waals surface area contributed by atoms with E-state index < -0.39 is 46.7 Å². The average molecular weight is 237 g/mol. The van der Waals surface area contributed by atoms with Crippen molar-refractivity contribution in [2.24, 2.45) is 11.8 Å². The molecule has 0 unspecified atom stereocenters. The van der Waals surface area contributed by atoms with Gasteiger partial charge in [0, 0.05) is 0 Å². The molecule has 3 rings (SSSR count). The number of alkyl halides is 2. The Labute approximate surface area is 89.4 Å². The largest absolute Gasteiger partial charge is 0.393 e. The van der Waals surface area contributed by atoms with Crippen LogP contribution in [0.2, 0.25) is 0 Å². The van der Waals surface area contributed by atoms with Gasteiger partial charge in [-0.25, -0.2) is 0 Å². The maximum Gasteiger partial charge on any atom is 0.320 e. The maximum absolute atomic E-state index is 11.3. The zero-order chi connectivity index (χ0) is 10.0. The van der Waals surface area contributed by atoms with E-state index in [1.165, 1.54) is 0 Å². The number of carbonyl (C=O) groups is 2. The van der Waals surface area contributed by atoms with Crippen LogP contribution in [0.3, 0.4) is 0 Å². The summed E-state index contributed by atoms with van der Waals surface area (Å²) in [4.78, 5) is 22.6. The molecule has 0 aromatic heterocycles. The number of hydrogen-bond acceptors (Lipinski definition) is 4. The normalized spacial score (nSPS) is 55.0. The zero-order valence-corrected chi connectivity index (χ0v) is 8.36. The van der Waals surface area contributed by atoms with Crippen LogP contribution in [0.5, 0.6) is 0 Å². The highest BCUT2D eigenvalue weighted by atomic mass is 35.5. The Balaban J connectivity index is 2.01. The third kappa shape index (κ3) is 0.846. The molecule has 2 bridgehead atoms. The first-order chi connectivity index (χ1) is 6.61. The van der Waals surface area contributed by atoms with Gasteiger partial charge in [-0.15, -0.1) is 23.2 Å². The lowest BCUT2D eigenvalue weighted by atomic mass is 9.80. The minimum atomic E-state index is -0.537. The average Bonchev–Trinajstić information content (AvgIpc) is 2.71. The van der Waals surface area contributed by atoms with Gasteiger partial charge >= 0.3 is 11.9 Å². The van der Waals surface area contributed by atoms with Crippen molar-refractivity contribution >= 4 is 35.1 Å². The van der Waals surface area contributed by atoms with Crippen molar-refractivity contribution in [3.8, 4) is 0 Å². The summed E-state index contributed by atoms with van der Waals surface area (Å²) < 4.78 is 9.95. The van der Waals surface area contributed by atoms with Crippen molar-refractivity contribution in [2.45, 2.75) is 23.0 Å². The molecule has 3 aliphatic heterocycles. The summed E-state index contributed by atoms with van der Waals surface area (Å²) in [6.45, 7) is 0. The van der Waals surface area contributed by atoms with Gasteiger partial charge < -0.3 is 9.47 Å². The Morgan fingerprint density at radius 3 is 1.79 bits per heavy atom. The molecule has 0 spiro atoms. The molecule has 76 valence electrons. The van der Waals surface area contributed by atoms with Gasteiger partial charge in [0.15, 0.2) is 0 Å². The standard InChI is InChI=1S/C8H6Cl2O4/c9-3-4(10)6-2-1(5(3)13-6)7(11)14-8(2)12/h1-6H/t1-,2+,3+,4-,5-,6-/m1/s1. The fourth-order valence-electron chi connectivity index (χ4n) is 2.46. The Kier molecular flexibility index (Phi) is 1.68. The monoisotopic (exact) mass is 236 g/mol. The zero-order valence-electron chi connectivity index (χ0n) is 6.85. The van der Waals surface area contributed by atoms with E-state index in [1.54, 1.807) is 0 Å². The number of halogens is 2. The van der Waals surface area contributed by atoms with Crippen LogP contribution in [0.1, 0.15) is 0 Å². The first-order valence-electron chi connectivity index (χ1n) is 4.30. The quantitative estimate of drug-likeness (QED) is 0.345. The molecule has 4 nitrogen and oxygen atoms in total. The molecule has 0 saturated carbocycles. The van der Waals surface area contributed by atoms with Crippen LogP contribution in [-0.2, 0) is 19.1 Å². The number of esters is 2. The van der Waals surface area contributed by atoms with Crippen LogP contribution in [0.15, 0.2) is 0 Å². The predicted molar refractivity (Wildman–Crippen MR) is 46.0 cm³/mol. The van der Waals surface area contributed by atoms with Crippen LogP contribution in [0.4, 0.5) is 0 Å². The Morgan fingerprint density at radius 1 is 0.929 bits per heavy atom. The second-order valence-corrected chi connectivity index (χ2v) is 4.75. The minimum absolute atomic E-state index is 0.415. The number of hydrogen-bond donors (Lipinski definition) is 0. The van der Waals surface area contributed by atoms with Crippen molar-refractivity contribution in [2.75, 3.05) is 0 Å². The summed E-state index contributed by atoms with van der Waals surface area (Å²) in [6, 6.07) is 0. The van der Waals surface area contributed by atoms with E-state index in [0.29, 0.717) is 0 Å². The van der Waals surface area contributed by atoms with Gasteiger partial charge in [0.25, 0.3) is 0 Å². The van der Waals surface area contributed by atoms with Gasteiger partial charge in [0.2, 0.25) is 0 Å². The second kappa shape index (κ2) is 2.62. The molecule has 0 aromatic carbocycles. The molecule has 3 fully saturated rings. The second-order valence-electron chi connectivity index (χ2n) is 3.75. The number of rotatable bonds is 0. The molecule has 0 aromatic rings. The summed E-state index contributed by atoms with van der Waals surface area (Å²) in [6.07, 6.45) is -0.929. The Hall–Kier alpha value is -0.320. The number of carbonyl (C=O) groups excluding carboxylic acids is 2. The highest BCUT2D eigenvalue weighted by molar-refractivity contribution is 6.31. The van der Waals surface area contributed by atoms with Crippen LogP contribution in [0, 0.1) is 11.8 Å². The molecular weight excluding hydrogens is 231 g/mol. The van der Waals surface area contributed by atoms with Gasteiger partial charge in [0.05, 0.1) is 23.0 Å². The molecule has 6 heteroatoms. The van der Waals surface area contributed by atoms with E-state index in [-0.39, 0.29) is 0 Å². The predicted octanol–water partition coefficient (Wildman–Crippen LogP) is 0.298. The van der Waals surface area contributed by atoms with Crippen LogP contribution >= 0.6 is 23.2 Å². The van der Waals surface area contributed by atoms with Crippen molar-refractivity contribution in [3.63, 3.8) is 0 Å². The lowest BCUT2D eigenvalue weighted by Gasteiger charge is -2.23. The smallest absolute Gasteiger partial charge is 0.320 e. The number of fused-ring (bicyclic) bond motifs is 5. The van der Waals surface area contributed by atoms with Gasteiger partial charge in [-0.3, -0.25) is 9.59 Å². The molecule has 14 heavy (non-hydrogen) atoms. The van der Waals surface area contributed by atoms with E-state index in [1.807, 2.05) is 0 Å². The molecule has 0 amide bonds. The maximum atomic E-state index is 11.3. The Morgan fingerprint density at radius 2 is 1.36 bits per heavy atom. The Bertz CT molecular complexity index is 301. The van der Waals surface area contributed by atoms with Crippen molar-refractivity contribution in [3.05, 3.63) is 0 Å². The topological polar surface area (TPSA) is 52.6 Å². The van der Waals surface area contributed by atoms with E-state index in [2.05, 4.69) is 4.74 Å². The van der Waals surface area contributed by atoms with Crippen molar-refractivity contribution in [1.82, 2.24) is 0 Å². The van der Waals surface area contributed by atoms with Gasteiger partial charge in [0.1, 0.15) is 11.8 Å². The van der Waals surface area contributed by atoms with E-state index in [9.17, 15) is 9.59 Å².